The molecule has 2 aliphatic rings. The van der Waals surface area contributed by atoms with Gasteiger partial charge in [0.15, 0.2) is 5.52 Å². The first-order valence-electron chi connectivity index (χ1n) is 22.4. The number of amides is 1. The number of aromatic amines is 1. The Hall–Kier alpha value is -5.03. The number of carbonyl (C=O) groups excluding carboxylic acids is 1. The molecule has 4 aromatic heterocycles. The lowest BCUT2D eigenvalue weighted by Crippen LogP contribution is -2.47. The SMILES string of the molecule is C=C(CO)N1CCc2[nH]c3c(Cl)c(Cl)cc(-c4ccn(CCNC(=O)CCCCCCCNCc5ccc(-c6c7ncn(CC8(O)CCN(C)CC8)c(=O)c7nn6C)cc5)n4)c3c2C1. The predicted molar refractivity (Wildman–Crippen MR) is 252 cm³/mol. The van der Waals surface area contributed by atoms with Crippen molar-refractivity contribution >= 4 is 51.0 Å². The number of rotatable bonds is 19. The number of benzene rings is 2. The largest absolute Gasteiger partial charge is 0.390 e. The number of aliphatic hydroxyl groups excluding tert-OH is 1. The van der Waals surface area contributed by atoms with Crippen LogP contribution in [0.4, 0.5) is 0 Å². The van der Waals surface area contributed by atoms with Crippen LogP contribution in [0.3, 0.4) is 0 Å². The molecule has 1 fully saturated rings. The highest BCUT2D eigenvalue weighted by Gasteiger charge is 2.33. The molecule has 0 aliphatic carbocycles. The first-order valence-corrected chi connectivity index (χ1v) is 23.2. The Morgan fingerprint density at radius 3 is 2.53 bits per heavy atom. The number of hydrogen-bond acceptors (Lipinski definition) is 10. The van der Waals surface area contributed by atoms with E-state index in [1.54, 1.807) is 11.0 Å². The summed E-state index contributed by atoms with van der Waals surface area (Å²) in [6.45, 7) is 9.77. The second-order valence-corrected chi connectivity index (χ2v) is 18.3. The summed E-state index contributed by atoms with van der Waals surface area (Å²) in [5, 5.41) is 38.7. The highest BCUT2D eigenvalue weighted by atomic mass is 35.5. The molecule has 0 atom stereocenters. The summed E-state index contributed by atoms with van der Waals surface area (Å²) in [6.07, 6.45) is 11.1. The molecule has 1 amide bonds. The second kappa shape index (κ2) is 20.0. The number of fused-ring (bicyclic) bond motifs is 4. The number of hydrogen-bond donors (Lipinski definition) is 5. The van der Waals surface area contributed by atoms with Crippen LogP contribution < -0.4 is 16.2 Å². The third-order valence-electron chi connectivity index (χ3n) is 12.9. The molecule has 6 aromatic rings. The van der Waals surface area contributed by atoms with E-state index in [1.807, 2.05) is 49.2 Å². The van der Waals surface area contributed by atoms with Gasteiger partial charge in [-0.05, 0) is 57.0 Å². The fourth-order valence-electron chi connectivity index (χ4n) is 9.06. The summed E-state index contributed by atoms with van der Waals surface area (Å²) in [5.41, 5.74) is 7.92. The number of likely N-dealkylation sites (tertiary alicyclic amines) is 1. The topological polar surface area (TPSA) is 174 Å². The van der Waals surface area contributed by atoms with Gasteiger partial charge in [-0.2, -0.15) is 10.2 Å². The van der Waals surface area contributed by atoms with Crippen molar-refractivity contribution in [2.75, 3.05) is 46.4 Å². The third-order valence-corrected chi connectivity index (χ3v) is 13.6. The lowest BCUT2D eigenvalue weighted by molar-refractivity contribution is -0.121. The number of aryl methyl sites for hydroxylation is 1. The smallest absolute Gasteiger partial charge is 0.281 e. The molecule has 2 aromatic carbocycles. The van der Waals surface area contributed by atoms with Gasteiger partial charge in [-0.25, -0.2) is 4.98 Å². The van der Waals surface area contributed by atoms with Crippen molar-refractivity contribution in [2.24, 2.45) is 7.05 Å². The number of piperidine rings is 1. The first-order chi connectivity index (χ1) is 30.9. The number of aromatic nitrogens is 7. The Morgan fingerprint density at radius 1 is 0.984 bits per heavy atom. The minimum Gasteiger partial charge on any atom is -0.390 e. The number of halogens is 2. The maximum atomic E-state index is 13.4. The van der Waals surface area contributed by atoms with Crippen LogP contribution in [0.15, 0.2) is 66.0 Å². The number of nitrogens with one attached hydrogen (secondary N) is 3. The molecular weight excluding hydrogens is 853 g/mol. The van der Waals surface area contributed by atoms with Crippen LogP contribution in [0.2, 0.25) is 10.0 Å². The number of unbranched alkanes of at least 4 members (excludes halogenated alkanes) is 4. The van der Waals surface area contributed by atoms with Crippen LogP contribution in [-0.4, -0.2) is 112 Å². The van der Waals surface area contributed by atoms with Crippen molar-refractivity contribution in [2.45, 2.75) is 89.6 Å². The number of H-pyrrole nitrogens is 1. The molecule has 340 valence electrons. The fourth-order valence-corrected chi connectivity index (χ4v) is 9.46. The summed E-state index contributed by atoms with van der Waals surface area (Å²) < 4.78 is 5.05. The fraction of sp³-hybridized carbons (Fsp3) is 0.468. The normalized spacial score (nSPS) is 15.3. The van der Waals surface area contributed by atoms with Gasteiger partial charge in [-0.15, -0.1) is 0 Å². The molecule has 0 bridgehead atoms. The zero-order valence-corrected chi connectivity index (χ0v) is 38.3. The molecule has 15 nitrogen and oxygen atoms in total. The maximum absolute atomic E-state index is 13.4. The number of nitrogens with zero attached hydrogens (tertiary/aromatic N) is 8. The summed E-state index contributed by atoms with van der Waals surface area (Å²) in [7, 11) is 3.87. The van der Waals surface area contributed by atoms with E-state index in [-0.39, 0.29) is 24.6 Å². The molecular formula is C47H59Cl2N11O4. The Morgan fingerprint density at radius 2 is 1.75 bits per heavy atom. The molecule has 2 aliphatic heterocycles. The monoisotopic (exact) mass is 911 g/mol. The molecule has 0 spiro atoms. The van der Waals surface area contributed by atoms with Crippen LogP contribution in [0.5, 0.6) is 0 Å². The average Bonchev–Trinajstić information content (AvgIpc) is 4.02. The molecule has 6 heterocycles. The predicted octanol–water partition coefficient (Wildman–Crippen LogP) is 6.02. The van der Waals surface area contributed by atoms with E-state index in [2.05, 4.69) is 54.2 Å². The van der Waals surface area contributed by atoms with E-state index in [0.717, 1.165) is 121 Å². The van der Waals surface area contributed by atoms with Crippen LogP contribution in [0.25, 0.3) is 44.5 Å². The van der Waals surface area contributed by atoms with Gasteiger partial charge in [0, 0.05) is 98.8 Å². The van der Waals surface area contributed by atoms with E-state index in [9.17, 15) is 19.8 Å². The van der Waals surface area contributed by atoms with Gasteiger partial charge in [-0.1, -0.05) is 73.3 Å². The molecule has 5 N–H and O–H groups in total. The highest BCUT2D eigenvalue weighted by molar-refractivity contribution is 6.45. The molecule has 0 unspecified atom stereocenters. The third kappa shape index (κ3) is 10.1. The van der Waals surface area contributed by atoms with E-state index >= 15 is 0 Å². The standard InChI is InChI=1S/C47H59Cl2N11O4/c1-31(28-61)58-20-14-37-35(27-58)40-34(25-36(48)41(49)42(40)53-37)38-15-21-60(54-38)24-19-51-39(62)9-7-5-4-6-8-18-50-26-32-10-12-33(13-11-32)45-43-44(55-57(45)3)46(63)59(30-52-43)29-47(64)16-22-56(2)23-17-47/h10-13,15,21,25,30,50,53,61,64H,1,4-9,14,16-20,22-24,26-29H2,2-3H3,(H,51,62). The Bertz CT molecular complexity index is 2680. The van der Waals surface area contributed by atoms with Crippen LogP contribution >= 0.6 is 23.2 Å². The summed E-state index contributed by atoms with van der Waals surface area (Å²) in [6, 6.07) is 12.1. The zero-order valence-electron chi connectivity index (χ0n) is 36.8. The molecule has 8 rings (SSSR count). The van der Waals surface area contributed by atoms with Crippen molar-refractivity contribution in [3.05, 3.63) is 98.4 Å². The van der Waals surface area contributed by atoms with E-state index < -0.39 is 5.60 Å². The quantitative estimate of drug-likeness (QED) is 0.0606. The minimum atomic E-state index is -0.926. The number of carbonyl (C=O) groups is 1. The van der Waals surface area contributed by atoms with Gasteiger partial charge < -0.3 is 35.6 Å². The Kier molecular flexibility index (Phi) is 14.2. The van der Waals surface area contributed by atoms with E-state index in [0.29, 0.717) is 65.7 Å². The Labute approximate surface area is 383 Å². The lowest BCUT2D eigenvalue weighted by atomic mass is 9.91. The molecule has 1 saturated heterocycles. The van der Waals surface area contributed by atoms with Crippen molar-refractivity contribution in [1.29, 1.82) is 0 Å². The van der Waals surface area contributed by atoms with Crippen molar-refractivity contribution in [3.63, 3.8) is 0 Å². The van der Waals surface area contributed by atoms with Crippen molar-refractivity contribution in [3.8, 4) is 22.5 Å². The van der Waals surface area contributed by atoms with Gasteiger partial charge in [-0.3, -0.25) is 23.5 Å². The zero-order chi connectivity index (χ0) is 45.0. The second-order valence-electron chi connectivity index (χ2n) is 17.5. The van der Waals surface area contributed by atoms with Crippen LogP contribution in [0.1, 0.15) is 68.2 Å². The van der Waals surface area contributed by atoms with Gasteiger partial charge >= 0.3 is 0 Å². The van der Waals surface area contributed by atoms with Gasteiger partial charge in [0.1, 0.15) is 5.52 Å². The van der Waals surface area contributed by atoms with Gasteiger partial charge in [0.2, 0.25) is 5.91 Å². The van der Waals surface area contributed by atoms with Gasteiger partial charge in [0.05, 0.1) is 58.6 Å². The molecule has 0 radical (unpaired) electrons. The van der Waals surface area contributed by atoms with Crippen LogP contribution in [-0.2, 0) is 44.4 Å². The first kappa shape index (κ1) is 45.5. The lowest BCUT2D eigenvalue weighted by Gasteiger charge is -2.36. The molecule has 17 heteroatoms. The average molecular weight is 913 g/mol. The molecule has 64 heavy (non-hydrogen) atoms. The summed E-state index contributed by atoms with van der Waals surface area (Å²) in [5.74, 6) is 0.0502. The minimum absolute atomic E-state index is 0.0502. The summed E-state index contributed by atoms with van der Waals surface area (Å²) >= 11 is 13.3. The molecule has 0 saturated carbocycles. The van der Waals surface area contributed by atoms with E-state index in [1.165, 1.54) is 4.57 Å². The van der Waals surface area contributed by atoms with Crippen molar-refractivity contribution < 1.29 is 15.0 Å². The van der Waals surface area contributed by atoms with E-state index in [4.69, 9.17) is 28.3 Å². The summed E-state index contributed by atoms with van der Waals surface area (Å²) in [4.78, 5) is 38.4. The highest BCUT2D eigenvalue weighted by Crippen LogP contribution is 2.42. The Balaban J connectivity index is 0.723. The number of aliphatic hydroxyl groups is 2. The van der Waals surface area contributed by atoms with Crippen molar-refractivity contribution in [1.82, 2.24) is 54.5 Å². The maximum Gasteiger partial charge on any atom is 0.281 e. The van der Waals surface area contributed by atoms with Gasteiger partial charge in [0.25, 0.3) is 5.56 Å². The van der Waals surface area contributed by atoms with Crippen LogP contribution in [0, 0.1) is 0 Å².